The molecule has 0 aromatic carbocycles. The molecule has 0 amide bonds. The number of carboxylic acids is 1. The van der Waals surface area contributed by atoms with Crippen molar-refractivity contribution in [1.82, 2.24) is 15.3 Å². The summed E-state index contributed by atoms with van der Waals surface area (Å²) >= 11 is 0. The Bertz CT molecular complexity index is 365. The second-order valence-electron chi connectivity index (χ2n) is 4.02. The summed E-state index contributed by atoms with van der Waals surface area (Å²) in [5.41, 5.74) is 0.817. The molecule has 6 nitrogen and oxygen atoms in total. The summed E-state index contributed by atoms with van der Waals surface area (Å²) in [7, 11) is 1.49. The van der Waals surface area contributed by atoms with E-state index in [9.17, 15) is 4.79 Å². The minimum absolute atomic E-state index is 0.0201. The van der Waals surface area contributed by atoms with Gasteiger partial charge in [0.05, 0.1) is 7.11 Å². The highest BCUT2D eigenvalue weighted by Crippen LogP contribution is 2.05. The molecule has 1 heterocycles. The Morgan fingerprint density at radius 2 is 2.06 bits per heavy atom. The number of carboxylic acid groups (broad SMARTS) is 1. The maximum atomic E-state index is 10.9. The first kappa shape index (κ1) is 13.4. The summed E-state index contributed by atoms with van der Waals surface area (Å²) in [5.74, 6) is -0.832. The molecule has 0 aliphatic carbocycles. The molecule has 0 saturated heterocycles. The molecule has 1 unspecified atom stereocenters. The highest BCUT2D eigenvalue weighted by Gasteiger charge is 2.20. The van der Waals surface area contributed by atoms with Crippen LogP contribution in [-0.4, -0.2) is 34.2 Å². The number of carbonyl (C=O) groups is 1. The number of aromatic nitrogens is 2. The zero-order valence-corrected chi connectivity index (χ0v) is 10.2. The van der Waals surface area contributed by atoms with Crippen molar-refractivity contribution in [1.29, 1.82) is 0 Å². The minimum atomic E-state index is -0.852. The predicted molar refractivity (Wildman–Crippen MR) is 61.7 cm³/mol. The van der Waals surface area contributed by atoms with Gasteiger partial charge in [0.1, 0.15) is 6.04 Å². The molecule has 0 aliphatic rings. The Labute approximate surface area is 100 Å². The molecule has 0 bridgehead atoms. The summed E-state index contributed by atoms with van der Waals surface area (Å²) in [6, 6.07) is -0.274. The third-order valence-corrected chi connectivity index (χ3v) is 2.32. The first-order valence-electron chi connectivity index (χ1n) is 5.35. The van der Waals surface area contributed by atoms with Crippen molar-refractivity contribution >= 4 is 5.97 Å². The summed E-state index contributed by atoms with van der Waals surface area (Å²) in [5, 5.41) is 11.9. The third kappa shape index (κ3) is 3.99. The molecule has 0 fully saturated rings. The lowest BCUT2D eigenvalue weighted by Crippen LogP contribution is -2.40. The summed E-state index contributed by atoms with van der Waals surface area (Å²) < 4.78 is 4.83. The number of nitrogens with zero attached hydrogens (tertiary/aromatic N) is 2. The molecule has 0 aliphatic heterocycles. The van der Waals surface area contributed by atoms with Gasteiger partial charge in [-0.05, 0) is 5.92 Å². The fourth-order valence-corrected chi connectivity index (χ4v) is 1.38. The van der Waals surface area contributed by atoms with E-state index in [-0.39, 0.29) is 5.92 Å². The molecular formula is C11H17N3O3. The highest BCUT2D eigenvalue weighted by atomic mass is 16.5. The van der Waals surface area contributed by atoms with Gasteiger partial charge in [-0.15, -0.1) is 0 Å². The minimum Gasteiger partial charge on any atom is -0.480 e. The van der Waals surface area contributed by atoms with Crippen LogP contribution in [0.2, 0.25) is 0 Å². The average molecular weight is 239 g/mol. The number of ether oxygens (including phenoxy) is 1. The Kier molecular flexibility index (Phi) is 4.84. The molecule has 0 spiro atoms. The van der Waals surface area contributed by atoms with E-state index in [1.54, 1.807) is 12.4 Å². The molecular weight excluding hydrogens is 222 g/mol. The van der Waals surface area contributed by atoms with E-state index in [4.69, 9.17) is 9.84 Å². The van der Waals surface area contributed by atoms with Gasteiger partial charge < -0.3 is 9.84 Å². The first-order valence-corrected chi connectivity index (χ1v) is 5.35. The number of hydrogen-bond donors (Lipinski definition) is 2. The fourth-order valence-electron chi connectivity index (χ4n) is 1.38. The van der Waals surface area contributed by atoms with Gasteiger partial charge in [0, 0.05) is 24.5 Å². The SMILES string of the molecule is COc1ncc(CNC(C(=O)O)C(C)C)cn1. The van der Waals surface area contributed by atoms with Gasteiger partial charge in [-0.25, -0.2) is 9.97 Å². The molecule has 1 aromatic rings. The van der Waals surface area contributed by atoms with E-state index in [1.807, 2.05) is 13.8 Å². The lowest BCUT2D eigenvalue weighted by molar-refractivity contribution is -0.140. The standard InChI is InChI=1S/C11H17N3O3/c1-7(2)9(10(15)16)12-4-8-5-13-11(17-3)14-6-8/h5-7,9,12H,4H2,1-3H3,(H,15,16). The van der Waals surface area contributed by atoms with Gasteiger partial charge in [-0.3, -0.25) is 10.1 Å². The molecule has 1 atom stereocenters. The Morgan fingerprint density at radius 3 is 2.47 bits per heavy atom. The molecule has 17 heavy (non-hydrogen) atoms. The van der Waals surface area contributed by atoms with Gasteiger partial charge in [0.15, 0.2) is 0 Å². The van der Waals surface area contributed by atoms with Gasteiger partial charge >= 0.3 is 12.0 Å². The van der Waals surface area contributed by atoms with Gasteiger partial charge in [0.2, 0.25) is 0 Å². The van der Waals surface area contributed by atoms with Crippen molar-refractivity contribution in [2.75, 3.05) is 7.11 Å². The van der Waals surface area contributed by atoms with Crippen LogP contribution in [-0.2, 0) is 11.3 Å². The second kappa shape index (κ2) is 6.15. The molecule has 1 aromatic heterocycles. The van der Waals surface area contributed by atoms with Crippen LogP contribution < -0.4 is 10.1 Å². The topological polar surface area (TPSA) is 84.3 Å². The number of hydrogen-bond acceptors (Lipinski definition) is 5. The van der Waals surface area contributed by atoms with Crippen molar-refractivity contribution < 1.29 is 14.6 Å². The smallest absolute Gasteiger partial charge is 0.320 e. The number of nitrogens with one attached hydrogen (secondary N) is 1. The first-order chi connectivity index (χ1) is 8.04. The predicted octanol–water partition coefficient (Wildman–Crippen LogP) is 0.684. The molecule has 94 valence electrons. The summed E-state index contributed by atoms with van der Waals surface area (Å²) in [6.07, 6.45) is 3.22. The van der Waals surface area contributed by atoms with E-state index in [1.165, 1.54) is 7.11 Å². The van der Waals surface area contributed by atoms with Crippen LogP contribution in [0, 0.1) is 5.92 Å². The Balaban J connectivity index is 2.56. The Morgan fingerprint density at radius 1 is 1.47 bits per heavy atom. The second-order valence-corrected chi connectivity index (χ2v) is 4.02. The molecule has 0 saturated carbocycles. The van der Waals surface area contributed by atoms with Gasteiger partial charge in [0.25, 0.3) is 0 Å². The van der Waals surface area contributed by atoms with Crippen molar-refractivity contribution in [2.45, 2.75) is 26.4 Å². The van der Waals surface area contributed by atoms with Gasteiger partial charge in [-0.2, -0.15) is 0 Å². The van der Waals surface area contributed by atoms with E-state index in [0.717, 1.165) is 5.56 Å². The lowest BCUT2D eigenvalue weighted by atomic mass is 10.0. The maximum Gasteiger partial charge on any atom is 0.320 e. The zero-order valence-electron chi connectivity index (χ0n) is 10.2. The Hall–Kier alpha value is -1.69. The van der Waals surface area contributed by atoms with Crippen LogP contribution in [0.4, 0.5) is 0 Å². The number of rotatable bonds is 6. The molecule has 2 N–H and O–H groups in total. The third-order valence-electron chi connectivity index (χ3n) is 2.32. The van der Waals surface area contributed by atoms with Gasteiger partial charge in [-0.1, -0.05) is 13.8 Å². The van der Waals surface area contributed by atoms with E-state index >= 15 is 0 Å². The normalized spacial score (nSPS) is 12.5. The van der Waals surface area contributed by atoms with Crippen LogP contribution >= 0.6 is 0 Å². The van der Waals surface area contributed by atoms with Crippen LogP contribution in [0.15, 0.2) is 12.4 Å². The van der Waals surface area contributed by atoms with Crippen molar-refractivity contribution in [3.8, 4) is 6.01 Å². The molecule has 0 radical (unpaired) electrons. The zero-order chi connectivity index (χ0) is 12.8. The van der Waals surface area contributed by atoms with Crippen LogP contribution in [0.25, 0.3) is 0 Å². The monoisotopic (exact) mass is 239 g/mol. The average Bonchev–Trinajstić information content (AvgIpc) is 2.29. The van der Waals surface area contributed by atoms with E-state index < -0.39 is 12.0 Å². The number of methoxy groups -OCH3 is 1. The maximum absolute atomic E-state index is 10.9. The van der Waals surface area contributed by atoms with Crippen LogP contribution in [0.1, 0.15) is 19.4 Å². The summed E-state index contributed by atoms with van der Waals surface area (Å²) in [4.78, 5) is 18.8. The quantitative estimate of drug-likeness (QED) is 0.759. The van der Waals surface area contributed by atoms with Crippen LogP contribution in [0.5, 0.6) is 6.01 Å². The van der Waals surface area contributed by atoms with Crippen molar-refractivity contribution in [3.63, 3.8) is 0 Å². The van der Waals surface area contributed by atoms with Crippen molar-refractivity contribution in [2.24, 2.45) is 5.92 Å². The highest BCUT2D eigenvalue weighted by molar-refractivity contribution is 5.73. The van der Waals surface area contributed by atoms with E-state index in [2.05, 4.69) is 15.3 Å². The van der Waals surface area contributed by atoms with Crippen LogP contribution in [0.3, 0.4) is 0 Å². The molecule has 1 rings (SSSR count). The largest absolute Gasteiger partial charge is 0.480 e. The molecule has 6 heteroatoms. The number of aliphatic carboxylic acids is 1. The van der Waals surface area contributed by atoms with E-state index in [0.29, 0.717) is 12.6 Å². The fraction of sp³-hybridized carbons (Fsp3) is 0.545. The lowest BCUT2D eigenvalue weighted by Gasteiger charge is -2.17. The summed E-state index contributed by atoms with van der Waals surface area (Å²) in [6.45, 7) is 4.13. The van der Waals surface area contributed by atoms with Crippen molar-refractivity contribution in [3.05, 3.63) is 18.0 Å².